The molecular weight excluding hydrogens is 481 g/mol. The minimum atomic E-state index is -0.302. The Bertz CT molecular complexity index is 1440. The van der Waals surface area contributed by atoms with E-state index in [4.69, 9.17) is 23.2 Å². The van der Waals surface area contributed by atoms with E-state index in [1.807, 2.05) is 0 Å². The smallest absolute Gasteiger partial charge is 0.266 e. The molecule has 166 valence electrons. The van der Waals surface area contributed by atoms with E-state index in [9.17, 15) is 14.4 Å². The van der Waals surface area contributed by atoms with E-state index in [2.05, 4.69) is 10.3 Å². The molecule has 0 bridgehead atoms. The number of thioether (sulfide) groups is 1. The number of hydrogen-bond donors (Lipinski definition) is 1. The summed E-state index contributed by atoms with van der Waals surface area (Å²) in [5.74, 6) is -0.397. The average molecular weight is 498 g/mol. The summed E-state index contributed by atoms with van der Waals surface area (Å²) in [6.45, 7) is 1.46. The van der Waals surface area contributed by atoms with Crippen LogP contribution in [0, 0.1) is 0 Å². The van der Waals surface area contributed by atoms with E-state index in [1.165, 1.54) is 11.5 Å². The first kappa shape index (κ1) is 23.0. The van der Waals surface area contributed by atoms with Crippen molar-refractivity contribution in [3.05, 3.63) is 92.7 Å². The SMILES string of the molecule is CC(=O)c1cccc(NC(=O)CSc2nc3cc(Cl)ccc3c(=O)n2-c2ccc(Cl)cc2)c1. The zero-order chi connectivity index (χ0) is 23.5. The van der Waals surface area contributed by atoms with Crippen molar-refractivity contribution >= 4 is 63.2 Å². The molecule has 0 unspecified atom stereocenters. The molecule has 1 amide bonds. The van der Waals surface area contributed by atoms with E-state index in [1.54, 1.807) is 66.7 Å². The number of anilines is 1. The van der Waals surface area contributed by atoms with Crippen LogP contribution < -0.4 is 10.9 Å². The normalized spacial score (nSPS) is 10.9. The van der Waals surface area contributed by atoms with Gasteiger partial charge in [-0.25, -0.2) is 4.98 Å². The predicted molar refractivity (Wildman–Crippen MR) is 133 cm³/mol. The van der Waals surface area contributed by atoms with Gasteiger partial charge in [0.05, 0.1) is 22.3 Å². The molecule has 4 rings (SSSR count). The number of halogens is 2. The van der Waals surface area contributed by atoms with Crippen LogP contribution in [0.2, 0.25) is 10.0 Å². The highest BCUT2D eigenvalue weighted by Crippen LogP contribution is 2.24. The molecule has 0 aliphatic heterocycles. The van der Waals surface area contributed by atoms with Crippen LogP contribution in [0.15, 0.2) is 76.7 Å². The topological polar surface area (TPSA) is 81.1 Å². The monoisotopic (exact) mass is 497 g/mol. The Morgan fingerprint density at radius 3 is 2.45 bits per heavy atom. The maximum atomic E-state index is 13.3. The lowest BCUT2D eigenvalue weighted by atomic mass is 10.1. The first-order valence-electron chi connectivity index (χ1n) is 9.84. The molecule has 0 spiro atoms. The van der Waals surface area contributed by atoms with Gasteiger partial charge >= 0.3 is 0 Å². The summed E-state index contributed by atoms with van der Waals surface area (Å²) in [5.41, 5.74) is 1.75. The highest BCUT2D eigenvalue weighted by Gasteiger charge is 2.16. The van der Waals surface area contributed by atoms with E-state index in [0.29, 0.717) is 43.0 Å². The Morgan fingerprint density at radius 1 is 1.00 bits per heavy atom. The Hall–Kier alpha value is -3.13. The fourth-order valence-electron chi connectivity index (χ4n) is 3.20. The van der Waals surface area contributed by atoms with Gasteiger partial charge in [-0.1, -0.05) is 47.1 Å². The maximum absolute atomic E-state index is 13.3. The summed E-state index contributed by atoms with van der Waals surface area (Å²) in [7, 11) is 0. The first-order chi connectivity index (χ1) is 15.8. The third-order valence-electron chi connectivity index (χ3n) is 4.77. The summed E-state index contributed by atoms with van der Waals surface area (Å²) in [4.78, 5) is 42.0. The second-order valence-electron chi connectivity index (χ2n) is 7.15. The molecule has 0 aliphatic carbocycles. The molecule has 6 nitrogen and oxygen atoms in total. The highest BCUT2D eigenvalue weighted by atomic mass is 35.5. The van der Waals surface area contributed by atoms with Crippen molar-refractivity contribution < 1.29 is 9.59 Å². The number of aromatic nitrogens is 2. The lowest BCUT2D eigenvalue weighted by Gasteiger charge is -2.13. The van der Waals surface area contributed by atoms with Crippen molar-refractivity contribution in [2.75, 3.05) is 11.1 Å². The van der Waals surface area contributed by atoms with Crippen molar-refractivity contribution in [3.8, 4) is 5.69 Å². The molecule has 0 aliphatic rings. The number of ketones is 1. The predicted octanol–water partition coefficient (Wildman–Crippen LogP) is 5.63. The molecule has 0 saturated heterocycles. The number of benzene rings is 3. The van der Waals surface area contributed by atoms with Crippen LogP contribution in [0.5, 0.6) is 0 Å². The molecule has 33 heavy (non-hydrogen) atoms. The van der Waals surface area contributed by atoms with Crippen LogP contribution in [-0.4, -0.2) is 27.0 Å². The minimum absolute atomic E-state index is 0.00357. The molecule has 0 atom stereocenters. The van der Waals surface area contributed by atoms with Crippen molar-refractivity contribution in [3.63, 3.8) is 0 Å². The van der Waals surface area contributed by atoms with Crippen LogP contribution in [0.3, 0.4) is 0 Å². The molecule has 3 aromatic carbocycles. The maximum Gasteiger partial charge on any atom is 0.266 e. The molecule has 1 heterocycles. The van der Waals surface area contributed by atoms with Gasteiger partial charge in [-0.3, -0.25) is 19.0 Å². The molecule has 0 radical (unpaired) electrons. The second kappa shape index (κ2) is 9.79. The number of fused-ring (bicyclic) bond motifs is 1. The van der Waals surface area contributed by atoms with Gasteiger partial charge in [0, 0.05) is 21.3 Å². The first-order valence-corrected chi connectivity index (χ1v) is 11.6. The second-order valence-corrected chi connectivity index (χ2v) is 8.96. The zero-order valence-corrected chi connectivity index (χ0v) is 19.7. The van der Waals surface area contributed by atoms with Crippen molar-refractivity contribution in [2.45, 2.75) is 12.1 Å². The number of carbonyl (C=O) groups excluding carboxylic acids is 2. The summed E-state index contributed by atoms with van der Waals surface area (Å²) in [5, 5.41) is 4.51. The third-order valence-corrected chi connectivity index (χ3v) is 6.20. The largest absolute Gasteiger partial charge is 0.325 e. The highest BCUT2D eigenvalue weighted by molar-refractivity contribution is 7.99. The molecule has 4 aromatic rings. The van der Waals surface area contributed by atoms with Gasteiger partial charge in [0.25, 0.3) is 5.56 Å². The fraction of sp³-hybridized carbons (Fsp3) is 0.0833. The summed E-state index contributed by atoms with van der Waals surface area (Å²) < 4.78 is 1.45. The zero-order valence-electron chi connectivity index (χ0n) is 17.3. The molecule has 0 fully saturated rings. The van der Waals surface area contributed by atoms with E-state index in [0.717, 1.165) is 11.8 Å². The van der Waals surface area contributed by atoms with Crippen LogP contribution in [0.1, 0.15) is 17.3 Å². The number of hydrogen-bond acceptors (Lipinski definition) is 5. The van der Waals surface area contributed by atoms with Crippen LogP contribution in [0.25, 0.3) is 16.6 Å². The Balaban J connectivity index is 1.66. The van der Waals surface area contributed by atoms with E-state index in [-0.39, 0.29) is 23.0 Å². The van der Waals surface area contributed by atoms with Crippen LogP contribution >= 0.6 is 35.0 Å². The Labute approximate surface area is 203 Å². The number of nitrogens with one attached hydrogen (secondary N) is 1. The summed E-state index contributed by atoms with van der Waals surface area (Å²) in [6.07, 6.45) is 0. The van der Waals surface area contributed by atoms with Gasteiger partial charge < -0.3 is 5.32 Å². The van der Waals surface area contributed by atoms with Crippen LogP contribution in [-0.2, 0) is 4.79 Å². The van der Waals surface area contributed by atoms with Gasteiger partial charge in [0.1, 0.15) is 0 Å². The summed E-state index contributed by atoms with van der Waals surface area (Å²) >= 11 is 13.2. The average Bonchev–Trinajstić information content (AvgIpc) is 2.78. The van der Waals surface area contributed by atoms with Crippen molar-refractivity contribution in [1.29, 1.82) is 0 Å². The molecular formula is C24H17Cl2N3O3S. The molecule has 0 saturated carbocycles. The molecule has 1 N–H and O–H groups in total. The number of amides is 1. The number of nitrogens with zero attached hydrogens (tertiary/aromatic N) is 2. The van der Waals surface area contributed by atoms with Crippen molar-refractivity contribution in [1.82, 2.24) is 9.55 Å². The standard InChI is InChI=1S/C24H17Cl2N3O3S/c1-14(30)15-3-2-4-18(11-15)27-22(31)13-33-24-28-21-12-17(26)7-10-20(21)23(32)29(24)19-8-5-16(25)6-9-19/h2-12H,13H2,1H3,(H,27,31). The third kappa shape index (κ3) is 5.27. The fourth-order valence-corrected chi connectivity index (χ4v) is 4.30. The van der Waals surface area contributed by atoms with Crippen LogP contribution in [0.4, 0.5) is 5.69 Å². The molecule has 9 heteroatoms. The van der Waals surface area contributed by atoms with Gasteiger partial charge in [-0.05, 0) is 61.5 Å². The molecule has 1 aromatic heterocycles. The number of carbonyl (C=O) groups is 2. The number of Topliss-reactive ketones (excluding diaryl/α,β-unsaturated/α-hetero) is 1. The van der Waals surface area contributed by atoms with Crippen molar-refractivity contribution in [2.24, 2.45) is 0 Å². The van der Waals surface area contributed by atoms with Gasteiger partial charge in [-0.15, -0.1) is 0 Å². The van der Waals surface area contributed by atoms with Gasteiger partial charge in [-0.2, -0.15) is 0 Å². The van der Waals surface area contributed by atoms with Gasteiger partial charge in [0.15, 0.2) is 10.9 Å². The number of rotatable bonds is 6. The lowest BCUT2D eigenvalue weighted by Crippen LogP contribution is -2.23. The lowest BCUT2D eigenvalue weighted by molar-refractivity contribution is -0.113. The Morgan fingerprint density at radius 2 is 1.73 bits per heavy atom. The summed E-state index contributed by atoms with van der Waals surface area (Å²) in [6, 6.07) is 18.4. The quantitative estimate of drug-likeness (QED) is 0.212. The van der Waals surface area contributed by atoms with E-state index < -0.39 is 0 Å². The minimum Gasteiger partial charge on any atom is -0.325 e. The van der Waals surface area contributed by atoms with E-state index >= 15 is 0 Å². The van der Waals surface area contributed by atoms with Gasteiger partial charge in [0.2, 0.25) is 5.91 Å². The Kier molecular flexibility index (Phi) is 6.83.